The number of alkyl halides is 1. The zero-order valence-electron chi connectivity index (χ0n) is 28.0. The first-order valence-corrected chi connectivity index (χ1v) is 16.4. The lowest BCUT2D eigenvalue weighted by atomic mass is 9.99. The SMILES string of the molecule is CC.CC.CC.CC.CC.Cc1ccc(CNC(=O)c2cc3c(Cl)c(Br)cnc3n(CC(=O)N3CC(C)(F)C3)c2=O)cc1. The van der Waals surface area contributed by atoms with Gasteiger partial charge in [-0.1, -0.05) is 111 Å². The maximum absolute atomic E-state index is 13.9. The van der Waals surface area contributed by atoms with Crippen molar-refractivity contribution in [3.8, 4) is 0 Å². The number of rotatable bonds is 5. The molecule has 1 N–H and O–H groups in total. The predicted molar refractivity (Wildman–Crippen MR) is 184 cm³/mol. The van der Waals surface area contributed by atoms with Crippen LogP contribution in [0, 0.1) is 6.92 Å². The topological polar surface area (TPSA) is 84.3 Å². The van der Waals surface area contributed by atoms with Gasteiger partial charge in [-0.05, 0) is 41.4 Å². The lowest BCUT2D eigenvalue weighted by Gasteiger charge is -2.42. The molecule has 1 saturated heterocycles. The van der Waals surface area contributed by atoms with Gasteiger partial charge in [0.05, 0.1) is 22.6 Å². The van der Waals surface area contributed by atoms with Gasteiger partial charge in [0, 0.05) is 18.1 Å². The molecule has 2 aromatic heterocycles. The Hall–Kier alpha value is -2.78. The number of hydrogen-bond acceptors (Lipinski definition) is 4. The molecule has 10 heteroatoms. The van der Waals surface area contributed by atoms with Crippen molar-refractivity contribution >= 4 is 50.4 Å². The lowest BCUT2D eigenvalue weighted by Crippen LogP contribution is -2.60. The molecule has 242 valence electrons. The van der Waals surface area contributed by atoms with E-state index in [0.717, 1.165) is 15.7 Å². The Morgan fingerprint density at radius 3 is 2.00 bits per heavy atom. The largest absolute Gasteiger partial charge is 0.348 e. The Kier molecular flexibility index (Phi) is 21.5. The van der Waals surface area contributed by atoms with E-state index in [1.165, 1.54) is 24.1 Å². The van der Waals surface area contributed by atoms with Gasteiger partial charge in [-0.25, -0.2) is 9.37 Å². The number of nitrogens with one attached hydrogen (secondary N) is 1. The second kappa shape index (κ2) is 21.8. The van der Waals surface area contributed by atoms with Crippen LogP contribution in [0.5, 0.6) is 0 Å². The molecule has 3 heterocycles. The maximum Gasteiger partial charge on any atom is 0.265 e. The fourth-order valence-corrected chi connectivity index (χ4v) is 4.22. The van der Waals surface area contributed by atoms with Crippen molar-refractivity contribution in [1.29, 1.82) is 0 Å². The fraction of sp³-hybridized carbons (Fsp3) is 0.515. The second-order valence-corrected chi connectivity index (χ2v) is 9.67. The van der Waals surface area contributed by atoms with E-state index < -0.39 is 23.0 Å². The van der Waals surface area contributed by atoms with Crippen molar-refractivity contribution in [3.05, 3.63) is 73.1 Å². The highest BCUT2D eigenvalue weighted by Crippen LogP contribution is 2.30. The molecule has 0 bridgehead atoms. The molecule has 7 nitrogen and oxygen atoms in total. The average molecular weight is 686 g/mol. The fourth-order valence-electron chi connectivity index (χ4n) is 3.72. The number of nitrogens with zero attached hydrogens (tertiary/aromatic N) is 3. The summed E-state index contributed by atoms with van der Waals surface area (Å²) in [5, 5.41) is 3.34. The summed E-state index contributed by atoms with van der Waals surface area (Å²) in [4.78, 5) is 44.4. The highest BCUT2D eigenvalue weighted by atomic mass is 79.9. The van der Waals surface area contributed by atoms with Gasteiger partial charge in [0.15, 0.2) is 0 Å². The normalized spacial score (nSPS) is 12.0. The van der Waals surface area contributed by atoms with E-state index >= 15 is 0 Å². The molecular formula is C33H51BrClFN4O3. The number of aromatic nitrogens is 2. The standard InChI is InChI=1S/C23H21BrClFN4O3.5C2H6/c1-13-3-5-14(6-4-13)8-28-21(32)16-7-15-19(25)17(24)9-27-20(15)30(22(16)33)10-18(31)29-11-23(2,26)12-29;5*1-2/h3-7,9H,8,10-12H2,1-2H3,(H,28,32);5*1-2H3. The summed E-state index contributed by atoms with van der Waals surface area (Å²) in [5.41, 5.74) is -0.141. The van der Waals surface area contributed by atoms with Crippen LogP contribution in [-0.2, 0) is 17.9 Å². The van der Waals surface area contributed by atoms with Crippen LogP contribution in [0.3, 0.4) is 0 Å². The Morgan fingerprint density at radius 1 is 1.00 bits per heavy atom. The van der Waals surface area contributed by atoms with Gasteiger partial charge < -0.3 is 10.2 Å². The van der Waals surface area contributed by atoms with Crippen molar-refractivity contribution < 1.29 is 14.0 Å². The third kappa shape index (κ3) is 12.0. The molecule has 3 aromatic rings. The number of likely N-dealkylation sites (tertiary alicyclic amines) is 1. The Morgan fingerprint density at radius 2 is 1.51 bits per heavy atom. The zero-order chi connectivity index (χ0) is 33.9. The van der Waals surface area contributed by atoms with Crippen molar-refractivity contribution in [2.75, 3.05) is 13.1 Å². The number of benzene rings is 1. The highest BCUT2D eigenvalue weighted by molar-refractivity contribution is 9.10. The van der Waals surface area contributed by atoms with E-state index in [9.17, 15) is 18.8 Å². The number of carbonyl (C=O) groups is 2. The summed E-state index contributed by atoms with van der Waals surface area (Å²) in [5.74, 6) is -1.04. The van der Waals surface area contributed by atoms with Crippen LogP contribution in [0.4, 0.5) is 4.39 Å². The molecule has 0 unspecified atom stereocenters. The highest BCUT2D eigenvalue weighted by Gasteiger charge is 2.41. The van der Waals surface area contributed by atoms with Crippen LogP contribution in [0.15, 0.2) is 45.8 Å². The van der Waals surface area contributed by atoms with Gasteiger partial charge >= 0.3 is 0 Å². The Bertz CT molecular complexity index is 1320. The first-order chi connectivity index (χ1) is 20.6. The van der Waals surface area contributed by atoms with Gasteiger partial charge in [0.1, 0.15) is 23.4 Å². The Balaban J connectivity index is 0. The summed E-state index contributed by atoms with van der Waals surface area (Å²) < 4.78 is 15.4. The number of hydrogen-bond donors (Lipinski definition) is 1. The monoisotopic (exact) mass is 684 g/mol. The molecule has 0 spiro atoms. The van der Waals surface area contributed by atoms with E-state index in [-0.39, 0.29) is 42.4 Å². The van der Waals surface area contributed by atoms with Crippen molar-refractivity contribution in [3.63, 3.8) is 0 Å². The number of fused-ring (bicyclic) bond motifs is 1. The summed E-state index contributed by atoms with van der Waals surface area (Å²) in [6, 6.07) is 9.01. The van der Waals surface area contributed by atoms with Gasteiger partial charge in [0.2, 0.25) is 5.91 Å². The second-order valence-electron chi connectivity index (χ2n) is 8.44. The minimum Gasteiger partial charge on any atom is -0.348 e. The molecule has 1 fully saturated rings. The molecule has 2 amide bonds. The number of amides is 2. The van der Waals surface area contributed by atoms with E-state index in [4.69, 9.17) is 11.6 Å². The first-order valence-electron chi connectivity index (χ1n) is 15.2. The van der Waals surface area contributed by atoms with Crippen LogP contribution in [0.25, 0.3) is 11.0 Å². The van der Waals surface area contributed by atoms with Crippen LogP contribution >= 0.6 is 27.5 Å². The van der Waals surface area contributed by atoms with Crippen LogP contribution in [0.2, 0.25) is 5.02 Å². The van der Waals surface area contributed by atoms with E-state index in [1.807, 2.05) is 100 Å². The number of carbonyl (C=O) groups excluding carboxylic acids is 2. The molecule has 1 aliphatic rings. The molecule has 0 aliphatic carbocycles. The van der Waals surface area contributed by atoms with Gasteiger partial charge in [-0.2, -0.15) is 0 Å². The van der Waals surface area contributed by atoms with Gasteiger partial charge in [-0.3, -0.25) is 19.0 Å². The summed E-state index contributed by atoms with van der Waals surface area (Å²) in [6.07, 6.45) is 1.42. The van der Waals surface area contributed by atoms with E-state index in [1.54, 1.807) is 0 Å². The average Bonchev–Trinajstić information content (AvgIpc) is 3.03. The molecule has 1 aliphatic heterocycles. The third-order valence-electron chi connectivity index (χ3n) is 5.51. The number of pyridine rings is 2. The molecule has 4 rings (SSSR count). The van der Waals surface area contributed by atoms with E-state index in [0.29, 0.717) is 9.86 Å². The van der Waals surface area contributed by atoms with Crippen LogP contribution in [0.1, 0.15) is 97.6 Å². The summed E-state index contributed by atoms with van der Waals surface area (Å²) >= 11 is 9.71. The summed E-state index contributed by atoms with van der Waals surface area (Å²) in [6.45, 7) is 23.1. The molecule has 0 radical (unpaired) electrons. The summed E-state index contributed by atoms with van der Waals surface area (Å²) in [7, 11) is 0. The molecule has 1 aromatic carbocycles. The lowest BCUT2D eigenvalue weighted by molar-refractivity contribution is -0.144. The number of halogens is 3. The predicted octanol–water partition coefficient (Wildman–Crippen LogP) is 8.75. The van der Waals surface area contributed by atoms with Crippen molar-refractivity contribution in [2.24, 2.45) is 0 Å². The van der Waals surface area contributed by atoms with E-state index in [2.05, 4.69) is 26.2 Å². The van der Waals surface area contributed by atoms with Gasteiger partial charge in [0.25, 0.3) is 11.5 Å². The smallest absolute Gasteiger partial charge is 0.265 e. The Labute approximate surface area is 271 Å². The third-order valence-corrected chi connectivity index (χ3v) is 6.75. The number of aryl methyl sites for hydroxylation is 1. The first kappa shape index (κ1) is 42.4. The maximum atomic E-state index is 13.9. The molecule has 0 atom stereocenters. The molecule has 0 saturated carbocycles. The van der Waals surface area contributed by atoms with Crippen molar-refractivity contribution in [1.82, 2.24) is 19.8 Å². The molecule has 43 heavy (non-hydrogen) atoms. The minimum atomic E-state index is -1.44. The van der Waals surface area contributed by atoms with Gasteiger partial charge in [-0.15, -0.1) is 0 Å². The minimum absolute atomic E-state index is 0.0467. The quantitative estimate of drug-likeness (QED) is 0.291. The van der Waals surface area contributed by atoms with Crippen LogP contribution in [-0.4, -0.2) is 45.0 Å². The van der Waals surface area contributed by atoms with Crippen molar-refractivity contribution in [2.45, 2.75) is 102 Å². The zero-order valence-corrected chi connectivity index (χ0v) is 30.3. The molecular weight excluding hydrogens is 635 g/mol. The van der Waals surface area contributed by atoms with Crippen LogP contribution < -0.4 is 10.9 Å².